The Balaban J connectivity index is 1.36. The summed E-state index contributed by atoms with van der Waals surface area (Å²) in [7, 11) is 0. The molecule has 1 aromatic heterocycles. The van der Waals surface area contributed by atoms with Gasteiger partial charge in [-0.15, -0.1) is 11.6 Å². The van der Waals surface area contributed by atoms with Crippen LogP contribution in [0.1, 0.15) is 31.5 Å². The van der Waals surface area contributed by atoms with Gasteiger partial charge in [-0.25, -0.2) is 9.37 Å². The smallest absolute Gasteiger partial charge is 0.261 e. The third kappa shape index (κ3) is 6.86. The molecule has 0 aliphatic carbocycles. The second kappa shape index (κ2) is 12.1. The molecule has 0 amide bonds. The zero-order valence-corrected chi connectivity index (χ0v) is 20.2. The monoisotopic (exact) mass is 493 g/mol. The number of rotatable bonds is 7. The van der Waals surface area contributed by atoms with Crippen LogP contribution in [-0.4, -0.2) is 65.5 Å². The van der Waals surface area contributed by atoms with Gasteiger partial charge in [0, 0.05) is 30.6 Å². The Bertz CT molecular complexity index is 1060. The standard InChI is InChI=1S/C24H29ClFN3O3S/c25-7-1-2-8-29-9-3-17(4-10-29)15-32-18-13-20(26)23-21(14-18)27-22(28-24(23)30)16-33-19-5-11-31-12-6-19/h13-14,17,19H,3-12,15-16H2,(H,27,28,30). The van der Waals surface area contributed by atoms with Gasteiger partial charge in [-0.1, -0.05) is 11.8 Å². The van der Waals surface area contributed by atoms with E-state index in [0.717, 1.165) is 58.5 Å². The van der Waals surface area contributed by atoms with Crippen molar-refractivity contribution in [3.8, 4) is 17.6 Å². The number of halogens is 2. The predicted molar refractivity (Wildman–Crippen MR) is 131 cm³/mol. The summed E-state index contributed by atoms with van der Waals surface area (Å²) in [6.07, 6.45) is 4.00. The molecular formula is C24H29ClFN3O3S. The molecule has 3 heterocycles. The molecular weight excluding hydrogens is 465 g/mol. The van der Waals surface area contributed by atoms with Gasteiger partial charge in [-0.2, -0.15) is 11.8 Å². The van der Waals surface area contributed by atoms with Crippen LogP contribution in [0.15, 0.2) is 16.9 Å². The summed E-state index contributed by atoms with van der Waals surface area (Å²) in [5.74, 6) is 7.67. The Kier molecular flexibility index (Phi) is 8.90. The van der Waals surface area contributed by atoms with Crippen molar-refractivity contribution in [2.24, 2.45) is 5.92 Å². The number of thioether (sulfide) groups is 1. The van der Waals surface area contributed by atoms with Gasteiger partial charge in [0.1, 0.15) is 22.8 Å². The van der Waals surface area contributed by atoms with E-state index < -0.39 is 11.4 Å². The maximum Gasteiger partial charge on any atom is 0.261 e. The average Bonchev–Trinajstić information content (AvgIpc) is 2.82. The average molecular weight is 494 g/mol. The summed E-state index contributed by atoms with van der Waals surface area (Å²) in [6.45, 7) is 4.72. The van der Waals surface area contributed by atoms with E-state index in [1.54, 1.807) is 17.8 Å². The fraction of sp³-hybridized carbons (Fsp3) is 0.583. The van der Waals surface area contributed by atoms with Crippen molar-refractivity contribution < 1.29 is 13.9 Å². The molecule has 1 N–H and O–H groups in total. The highest BCUT2D eigenvalue weighted by Gasteiger charge is 2.20. The van der Waals surface area contributed by atoms with E-state index in [4.69, 9.17) is 21.1 Å². The largest absolute Gasteiger partial charge is 0.493 e. The van der Waals surface area contributed by atoms with Crippen LogP contribution in [0.5, 0.6) is 5.75 Å². The molecule has 2 saturated heterocycles. The van der Waals surface area contributed by atoms with Crippen LogP contribution in [0.2, 0.25) is 0 Å². The summed E-state index contributed by atoms with van der Waals surface area (Å²) in [5.41, 5.74) is -0.111. The van der Waals surface area contributed by atoms with Crippen LogP contribution in [0.4, 0.5) is 4.39 Å². The SMILES string of the molecule is O=c1[nH]c(CSC2CCOCC2)nc2cc(OCC3CCN(CC#CCCl)CC3)cc(F)c12. The molecule has 2 aliphatic rings. The number of aromatic nitrogens is 2. The predicted octanol–water partition coefficient (Wildman–Crippen LogP) is 3.81. The van der Waals surface area contributed by atoms with Gasteiger partial charge >= 0.3 is 0 Å². The molecule has 9 heteroatoms. The maximum atomic E-state index is 14.7. The zero-order chi connectivity index (χ0) is 23.0. The number of piperidine rings is 1. The van der Waals surface area contributed by atoms with E-state index in [9.17, 15) is 9.18 Å². The van der Waals surface area contributed by atoms with E-state index in [-0.39, 0.29) is 5.39 Å². The van der Waals surface area contributed by atoms with Crippen LogP contribution >= 0.6 is 23.4 Å². The van der Waals surface area contributed by atoms with Crippen molar-refractivity contribution in [1.29, 1.82) is 0 Å². The first-order valence-electron chi connectivity index (χ1n) is 11.4. The normalized spacial score (nSPS) is 18.2. The maximum absolute atomic E-state index is 14.7. The fourth-order valence-corrected chi connectivity index (χ4v) is 5.33. The Morgan fingerprint density at radius 1 is 1.24 bits per heavy atom. The Morgan fingerprint density at radius 2 is 2.03 bits per heavy atom. The molecule has 4 rings (SSSR count). The molecule has 0 saturated carbocycles. The minimum Gasteiger partial charge on any atom is -0.493 e. The molecule has 0 bridgehead atoms. The minimum atomic E-state index is -0.604. The van der Waals surface area contributed by atoms with Gasteiger partial charge in [0.05, 0.1) is 30.3 Å². The number of alkyl halides is 1. The van der Waals surface area contributed by atoms with Crippen molar-refractivity contribution in [2.75, 3.05) is 45.3 Å². The molecule has 0 atom stereocenters. The lowest BCUT2D eigenvalue weighted by atomic mass is 9.98. The second-order valence-electron chi connectivity index (χ2n) is 8.45. The van der Waals surface area contributed by atoms with Crippen molar-refractivity contribution in [1.82, 2.24) is 14.9 Å². The summed E-state index contributed by atoms with van der Waals surface area (Å²) < 4.78 is 26.0. The van der Waals surface area contributed by atoms with Gasteiger partial charge in [0.2, 0.25) is 0 Å². The first kappa shape index (κ1) is 24.3. The number of likely N-dealkylation sites (tertiary alicyclic amines) is 1. The number of hydrogen-bond acceptors (Lipinski definition) is 6. The highest BCUT2D eigenvalue weighted by atomic mass is 35.5. The highest BCUT2D eigenvalue weighted by Crippen LogP contribution is 2.26. The zero-order valence-electron chi connectivity index (χ0n) is 18.6. The van der Waals surface area contributed by atoms with Gasteiger partial charge in [-0.3, -0.25) is 9.69 Å². The number of ether oxygens (including phenoxy) is 2. The highest BCUT2D eigenvalue weighted by molar-refractivity contribution is 7.99. The number of nitrogens with one attached hydrogen (secondary N) is 1. The molecule has 0 radical (unpaired) electrons. The van der Waals surface area contributed by atoms with Crippen LogP contribution < -0.4 is 10.3 Å². The lowest BCUT2D eigenvalue weighted by Crippen LogP contribution is -2.35. The number of H-pyrrole nitrogens is 1. The Hall–Kier alpha value is -1.79. The second-order valence-corrected chi connectivity index (χ2v) is 10.0. The topological polar surface area (TPSA) is 67.5 Å². The third-order valence-corrected chi connectivity index (χ3v) is 7.61. The molecule has 0 unspecified atom stereocenters. The van der Waals surface area contributed by atoms with Crippen molar-refractivity contribution in [3.05, 3.63) is 34.1 Å². The summed E-state index contributed by atoms with van der Waals surface area (Å²) >= 11 is 7.35. The lowest BCUT2D eigenvalue weighted by molar-refractivity contribution is 0.1000. The number of aromatic amines is 1. The number of nitrogens with zero attached hydrogens (tertiary/aromatic N) is 2. The number of fused-ring (bicyclic) bond motifs is 1. The summed E-state index contributed by atoms with van der Waals surface area (Å²) in [4.78, 5) is 22.1. The van der Waals surface area contributed by atoms with Gasteiger partial charge in [0.15, 0.2) is 0 Å². The third-order valence-electron chi connectivity index (χ3n) is 6.09. The van der Waals surface area contributed by atoms with E-state index >= 15 is 0 Å². The molecule has 33 heavy (non-hydrogen) atoms. The molecule has 6 nitrogen and oxygen atoms in total. The van der Waals surface area contributed by atoms with Crippen molar-refractivity contribution >= 4 is 34.3 Å². The van der Waals surface area contributed by atoms with Crippen LogP contribution in [-0.2, 0) is 10.5 Å². The van der Waals surface area contributed by atoms with Gasteiger partial charge in [0.25, 0.3) is 5.56 Å². The molecule has 1 aromatic carbocycles. The van der Waals surface area contributed by atoms with E-state index in [2.05, 4.69) is 26.7 Å². The van der Waals surface area contributed by atoms with E-state index in [1.807, 2.05) is 0 Å². The van der Waals surface area contributed by atoms with E-state index in [1.165, 1.54) is 6.07 Å². The molecule has 2 fully saturated rings. The van der Waals surface area contributed by atoms with Crippen molar-refractivity contribution in [2.45, 2.75) is 36.7 Å². The molecule has 2 aliphatic heterocycles. The Labute approximate surface area is 202 Å². The minimum absolute atomic E-state index is 0.0199. The molecule has 2 aromatic rings. The number of hydrogen-bond donors (Lipinski definition) is 1. The quantitative estimate of drug-likeness (QED) is 0.467. The van der Waals surface area contributed by atoms with Gasteiger partial charge < -0.3 is 14.5 Å². The first-order chi connectivity index (χ1) is 16.1. The summed E-state index contributed by atoms with van der Waals surface area (Å²) in [5, 5.41) is 0.471. The van der Waals surface area contributed by atoms with Crippen LogP contribution in [0.3, 0.4) is 0 Å². The number of benzene rings is 1. The molecule has 0 spiro atoms. The van der Waals surface area contributed by atoms with Crippen LogP contribution in [0.25, 0.3) is 10.9 Å². The summed E-state index contributed by atoms with van der Waals surface area (Å²) in [6, 6.07) is 2.96. The van der Waals surface area contributed by atoms with Crippen molar-refractivity contribution in [3.63, 3.8) is 0 Å². The van der Waals surface area contributed by atoms with Gasteiger partial charge in [-0.05, 0) is 44.7 Å². The first-order valence-corrected chi connectivity index (χ1v) is 13.0. The lowest BCUT2D eigenvalue weighted by Gasteiger charge is -2.30. The van der Waals surface area contributed by atoms with E-state index in [0.29, 0.717) is 46.5 Å². The molecule has 178 valence electrons. The Morgan fingerprint density at radius 3 is 2.79 bits per heavy atom. The van der Waals surface area contributed by atoms with Crippen LogP contribution in [0, 0.1) is 23.6 Å². The fourth-order valence-electron chi connectivity index (χ4n) is 4.18.